The standard InChI is InChI=1S/C61H45NSi/c1-61(2)56-26-14-11-23-52(56)53-37-35-48(40-57(53)61)62(47-33-31-43(32-34-47)46-30-29-42-17-9-10-20-45(42)39-46)58-41-50(36-38-51(58)44-18-5-3-6-19-44)63(49-21-7-4-8-22-49)59-27-15-12-24-54(59)55-25-13-16-28-60(55)63/h3-41H,1-2H3. The van der Waals surface area contributed by atoms with Crippen molar-refractivity contribution in [1.29, 1.82) is 0 Å². The molecule has 0 fully saturated rings. The van der Waals surface area contributed by atoms with Gasteiger partial charge in [-0.15, -0.1) is 0 Å². The monoisotopic (exact) mass is 819 g/mol. The predicted molar refractivity (Wildman–Crippen MR) is 270 cm³/mol. The van der Waals surface area contributed by atoms with Crippen LogP contribution < -0.4 is 25.6 Å². The second kappa shape index (κ2) is 14.5. The Morgan fingerprint density at radius 2 is 0.889 bits per heavy atom. The summed E-state index contributed by atoms with van der Waals surface area (Å²) in [7, 11) is -2.81. The molecular weight excluding hydrogens is 775 g/mol. The van der Waals surface area contributed by atoms with Crippen molar-refractivity contribution in [3.63, 3.8) is 0 Å². The lowest BCUT2D eigenvalue weighted by molar-refractivity contribution is 0.660. The first-order valence-electron chi connectivity index (χ1n) is 22.1. The summed E-state index contributed by atoms with van der Waals surface area (Å²) < 4.78 is 0. The Hall–Kier alpha value is -7.52. The number of benzene rings is 10. The molecule has 2 aliphatic rings. The molecule has 1 aliphatic carbocycles. The molecular formula is C61H45NSi. The van der Waals surface area contributed by atoms with E-state index in [0.717, 1.165) is 17.1 Å². The maximum Gasteiger partial charge on any atom is 0.180 e. The maximum absolute atomic E-state index is 2.81. The summed E-state index contributed by atoms with van der Waals surface area (Å²) >= 11 is 0. The highest BCUT2D eigenvalue weighted by atomic mass is 28.3. The molecule has 1 nitrogen and oxygen atoms in total. The number of anilines is 3. The maximum atomic E-state index is 2.56. The summed E-state index contributed by atoms with van der Waals surface area (Å²) in [5.74, 6) is 0. The van der Waals surface area contributed by atoms with E-state index in [2.05, 4.69) is 255 Å². The Morgan fingerprint density at radius 3 is 1.62 bits per heavy atom. The van der Waals surface area contributed by atoms with Gasteiger partial charge < -0.3 is 4.90 Å². The summed E-state index contributed by atoms with van der Waals surface area (Å²) in [5.41, 5.74) is 16.1. The van der Waals surface area contributed by atoms with Crippen LogP contribution in [0.15, 0.2) is 237 Å². The first-order valence-corrected chi connectivity index (χ1v) is 24.1. The topological polar surface area (TPSA) is 3.24 Å². The lowest BCUT2D eigenvalue weighted by Crippen LogP contribution is -2.72. The summed E-state index contributed by atoms with van der Waals surface area (Å²) in [6.07, 6.45) is 0. The second-order valence-electron chi connectivity index (χ2n) is 17.6. The molecule has 0 amide bonds. The van der Waals surface area contributed by atoms with Crippen molar-refractivity contribution in [2.45, 2.75) is 19.3 Å². The third-order valence-corrected chi connectivity index (χ3v) is 18.8. The highest BCUT2D eigenvalue weighted by Gasteiger charge is 2.49. The highest BCUT2D eigenvalue weighted by molar-refractivity contribution is 7.22. The van der Waals surface area contributed by atoms with Gasteiger partial charge in [-0.1, -0.05) is 214 Å². The smallest absolute Gasteiger partial charge is 0.180 e. The van der Waals surface area contributed by atoms with Crippen molar-refractivity contribution < 1.29 is 0 Å². The van der Waals surface area contributed by atoms with Crippen LogP contribution in [0, 0.1) is 0 Å². The minimum absolute atomic E-state index is 0.154. The van der Waals surface area contributed by atoms with Crippen LogP contribution in [0.2, 0.25) is 0 Å². The molecule has 12 rings (SSSR count). The molecule has 0 atom stereocenters. The van der Waals surface area contributed by atoms with E-state index in [0.29, 0.717) is 0 Å². The molecule has 298 valence electrons. The van der Waals surface area contributed by atoms with Gasteiger partial charge in [0.2, 0.25) is 0 Å². The van der Waals surface area contributed by atoms with Crippen molar-refractivity contribution in [1.82, 2.24) is 0 Å². The molecule has 10 aromatic rings. The Kier molecular flexibility index (Phi) is 8.60. The molecule has 0 unspecified atom stereocenters. The van der Waals surface area contributed by atoms with Crippen LogP contribution in [0.5, 0.6) is 0 Å². The van der Waals surface area contributed by atoms with Crippen molar-refractivity contribution in [2.24, 2.45) is 0 Å². The van der Waals surface area contributed by atoms with Gasteiger partial charge in [0, 0.05) is 22.4 Å². The van der Waals surface area contributed by atoms with Crippen LogP contribution in [0.1, 0.15) is 25.0 Å². The molecule has 2 heteroatoms. The third kappa shape index (κ3) is 5.75. The summed E-state index contributed by atoms with van der Waals surface area (Å²) in [4.78, 5) is 2.54. The lowest BCUT2D eigenvalue weighted by atomic mass is 9.82. The van der Waals surface area contributed by atoms with Gasteiger partial charge >= 0.3 is 0 Å². The lowest BCUT2D eigenvalue weighted by Gasteiger charge is -2.34. The molecule has 0 N–H and O–H groups in total. The number of fused-ring (bicyclic) bond motifs is 7. The van der Waals surface area contributed by atoms with Crippen molar-refractivity contribution in [2.75, 3.05) is 4.90 Å². The fraction of sp³-hybridized carbons (Fsp3) is 0.0492. The Labute approximate surface area is 371 Å². The van der Waals surface area contributed by atoms with Crippen LogP contribution in [0.25, 0.3) is 55.3 Å². The average Bonchev–Trinajstić information content (AvgIpc) is 3.78. The molecule has 0 saturated carbocycles. The van der Waals surface area contributed by atoms with Crippen molar-refractivity contribution in [3.05, 3.63) is 248 Å². The van der Waals surface area contributed by atoms with Crippen LogP contribution in [-0.2, 0) is 5.41 Å². The Bertz CT molecular complexity index is 3320. The van der Waals surface area contributed by atoms with Gasteiger partial charge in [0.05, 0.1) is 5.69 Å². The normalized spacial score (nSPS) is 13.8. The van der Waals surface area contributed by atoms with Crippen LogP contribution in [-0.4, -0.2) is 8.07 Å². The van der Waals surface area contributed by atoms with E-state index in [4.69, 9.17) is 0 Å². The fourth-order valence-electron chi connectivity index (χ4n) is 11.0. The zero-order valence-electron chi connectivity index (χ0n) is 35.5. The quantitative estimate of drug-likeness (QED) is 0.145. The molecule has 0 saturated heterocycles. The van der Waals surface area contributed by atoms with Crippen LogP contribution >= 0.6 is 0 Å². The van der Waals surface area contributed by atoms with Gasteiger partial charge in [0.1, 0.15) is 0 Å². The molecule has 0 spiro atoms. The predicted octanol–water partition coefficient (Wildman–Crippen LogP) is 13.3. The first kappa shape index (κ1) is 37.3. The fourth-order valence-corrected chi connectivity index (χ4v) is 16.1. The van der Waals surface area contributed by atoms with Gasteiger partial charge in [0.15, 0.2) is 8.07 Å². The van der Waals surface area contributed by atoms with E-state index < -0.39 is 8.07 Å². The van der Waals surface area contributed by atoms with Gasteiger partial charge in [-0.2, -0.15) is 0 Å². The van der Waals surface area contributed by atoms with E-state index in [9.17, 15) is 0 Å². The van der Waals surface area contributed by atoms with E-state index in [1.54, 1.807) is 0 Å². The van der Waals surface area contributed by atoms with Gasteiger partial charge in [-0.25, -0.2) is 0 Å². The molecule has 1 heterocycles. The van der Waals surface area contributed by atoms with Crippen molar-refractivity contribution in [3.8, 4) is 44.5 Å². The van der Waals surface area contributed by atoms with Crippen molar-refractivity contribution >= 4 is 56.7 Å². The summed E-state index contributed by atoms with van der Waals surface area (Å²) in [6, 6.07) is 88.9. The third-order valence-electron chi connectivity index (χ3n) is 13.9. The van der Waals surface area contributed by atoms with Crippen LogP contribution in [0.3, 0.4) is 0 Å². The summed E-state index contributed by atoms with van der Waals surface area (Å²) in [5, 5.41) is 8.15. The molecule has 0 aromatic heterocycles. The summed E-state index contributed by atoms with van der Waals surface area (Å²) in [6.45, 7) is 4.76. The molecule has 1 aliphatic heterocycles. The number of hydrogen-bond acceptors (Lipinski definition) is 1. The van der Waals surface area contributed by atoms with Crippen LogP contribution in [0.4, 0.5) is 17.1 Å². The molecule has 0 radical (unpaired) electrons. The van der Waals surface area contributed by atoms with E-state index >= 15 is 0 Å². The van der Waals surface area contributed by atoms with Gasteiger partial charge in [-0.3, -0.25) is 0 Å². The SMILES string of the molecule is CC1(C)c2ccccc2-c2ccc(N(c3ccc(-c4ccc5ccccc5c4)cc3)c3cc([Si]4(c5ccccc5)c5ccccc5-c5ccccc54)ccc3-c3ccccc3)cc21. The van der Waals surface area contributed by atoms with E-state index in [-0.39, 0.29) is 5.41 Å². The Balaban J connectivity index is 1.13. The van der Waals surface area contributed by atoms with Gasteiger partial charge in [0.25, 0.3) is 0 Å². The molecule has 0 bridgehead atoms. The average molecular weight is 820 g/mol. The molecule has 63 heavy (non-hydrogen) atoms. The second-order valence-corrected chi connectivity index (χ2v) is 21.4. The first-order chi connectivity index (χ1) is 31.0. The number of rotatable bonds is 7. The van der Waals surface area contributed by atoms with E-state index in [1.165, 1.54) is 87.2 Å². The largest absolute Gasteiger partial charge is 0.310 e. The minimum Gasteiger partial charge on any atom is -0.310 e. The zero-order valence-corrected chi connectivity index (χ0v) is 36.5. The zero-order chi connectivity index (χ0) is 42.1. The number of nitrogens with zero attached hydrogens (tertiary/aromatic N) is 1. The minimum atomic E-state index is -2.81. The number of hydrogen-bond donors (Lipinski definition) is 0. The highest BCUT2D eigenvalue weighted by Crippen LogP contribution is 2.51. The Morgan fingerprint density at radius 1 is 0.333 bits per heavy atom. The van der Waals surface area contributed by atoms with Gasteiger partial charge in [-0.05, 0) is 118 Å². The van der Waals surface area contributed by atoms with E-state index in [1.807, 2.05) is 0 Å². The molecule has 10 aromatic carbocycles.